The Labute approximate surface area is 191 Å². The van der Waals surface area contributed by atoms with Crippen molar-refractivity contribution in [3.8, 4) is 0 Å². The van der Waals surface area contributed by atoms with Crippen molar-refractivity contribution in [3.63, 3.8) is 0 Å². The molecule has 7 nitrogen and oxygen atoms in total. The first kappa shape index (κ1) is 24.1. The van der Waals surface area contributed by atoms with E-state index in [1.54, 1.807) is 31.2 Å². The fraction of sp³-hybridized carbons (Fsp3) is 0.333. The molecule has 0 aliphatic rings. The number of anilines is 1. The first-order valence-electron chi connectivity index (χ1n) is 9.41. The minimum Gasteiger partial charge on any atom is -0.357 e. The van der Waals surface area contributed by atoms with Gasteiger partial charge < -0.3 is 10.2 Å². The number of carbonyl (C=O) groups excluding carboxylic acids is 2. The molecule has 0 saturated heterocycles. The third kappa shape index (κ3) is 6.69. The van der Waals surface area contributed by atoms with Gasteiger partial charge in [-0.3, -0.25) is 13.9 Å². The van der Waals surface area contributed by atoms with Crippen LogP contribution in [0, 0.1) is 3.57 Å². The summed E-state index contributed by atoms with van der Waals surface area (Å²) in [6.07, 6.45) is 1.62. The second-order valence-corrected chi connectivity index (χ2v) is 10.0. The monoisotopic (exact) mass is 543 g/mol. The Balaban J connectivity index is 2.27. The van der Waals surface area contributed by atoms with Crippen molar-refractivity contribution in [2.75, 3.05) is 30.7 Å². The summed E-state index contributed by atoms with van der Waals surface area (Å²) in [7, 11) is -2.19. The fourth-order valence-corrected chi connectivity index (χ4v) is 4.21. The molecule has 9 heteroatoms. The van der Waals surface area contributed by atoms with Gasteiger partial charge in [-0.05, 0) is 65.8 Å². The molecular weight excluding hydrogens is 517 g/mol. The van der Waals surface area contributed by atoms with E-state index in [0.29, 0.717) is 18.7 Å². The Morgan fingerprint density at radius 1 is 1.07 bits per heavy atom. The number of likely N-dealkylation sites (N-methyl/N-ethyl adjacent to an activating group) is 1. The summed E-state index contributed by atoms with van der Waals surface area (Å²) in [6, 6.07) is 15.8. The summed E-state index contributed by atoms with van der Waals surface area (Å²) < 4.78 is 26.8. The number of hydrogen-bond donors (Lipinski definition) is 1. The normalized spacial score (nSPS) is 12.1. The average molecular weight is 543 g/mol. The Hall–Kier alpha value is -2.14. The molecule has 1 unspecified atom stereocenters. The lowest BCUT2D eigenvalue weighted by molar-refractivity contribution is -0.138. The van der Waals surface area contributed by atoms with Crippen LogP contribution in [0.4, 0.5) is 5.69 Å². The second-order valence-electron chi connectivity index (χ2n) is 6.86. The SMILES string of the molecule is CNC(=O)C(C)N(CCc1ccccc1)C(=O)CN(c1ccc(I)cc1)S(C)(=O)=O. The summed E-state index contributed by atoms with van der Waals surface area (Å²) >= 11 is 2.13. The number of hydrogen-bond acceptors (Lipinski definition) is 4. The highest BCUT2D eigenvalue weighted by Crippen LogP contribution is 2.20. The van der Waals surface area contributed by atoms with E-state index in [9.17, 15) is 18.0 Å². The van der Waals surface area contributed by atoms with Crippen LogP contribution in [0.1, 0.15) is 12.5 Å². The number of rotatable bonds is 9. The average Bonchev–Trinajstić information content (AvgIpc) is 2.72. The molecule has 0 bridgehead atoms. The lowest BCUT2D eigenvalue weighted by Gasteiger charge is -2.31. The summed E-state index contributed by atoms with van der Waals surface area (Å²) in [6.45, 7) is 1.55. The molecule has 0 aromatic heterocycles. The molecule has 162 valence electrons. The van der Waals surface area contributed by atoms with E-state index < -0.39 is 22.0 Å². The standard InChI is InChI=1S/C21H26IN3O4S/c1-16(21(27)23-2)24(14-13-17-7-5-4-6-8-17)20(26)15-25(30(3,28)29)19-11-9-18(22)10-12-19/h4-12,16H,13-15H2,1-3H3,(H,23,27). The van der Waals surface area contributed by atoms with Gasteiger partial charge in [0.1, 0.15) is 12.6 Å². The molecule has 1 atom stereocenters. The first-order valence-corrected chi connectivity index (χ1v) is 12.3. The Bertz CT molecular complexity index is 966. The molecule has 0 fully saturated rings. The summed E-state index contributed by atoms with van der Waals surface area (Å²) in [5, 5.41) is 2.55. The topological polar surface area (TPSA) is 86.8 Å². The van der Waals surface area contributed by atoms with Gasteiger partial charge >= 0.3 is 0 Å². The predicted molar refractivity (Wildman–Crippen MR) is 127 cm³/mol. The highest BCUT2D eigenvalue weighted by Gasteiger charge is 2.29. The maximum atomic E-state index is 13.2. The van der Waals surface area contributed by atoms with E-state index in [-0.39, 0.29) is 12.5 Å². The number of amides is 2. The molecule has 0 aliphatic carbocycles. The quantitative estimate of drug-likeness (QED) is 0.492. The molecule has 2 aromatic rings. The minimum absolute atomic E-state index is 0.293. The zero-order valence-corrected chi connectivity index (χ0v) is 20.2. The van der Waals surface area contributed by atoms with Gasteiger partial charge in [0.15, 0.2) is 0 Å². The molecule has 1 N–H and O–H groups in total. The van der Waals surface area contributed by atoms with E-state index in [1.807, 2.05) is 30.3 Å². The van der Waals surface area contributed by atoms with Gasteiger partial charge in [0, 0.05) is 17.2 Å². The number of nitrogens with one attached hydrogen (secondary N) is 1. The van der Waals surface area contributed by atoms with Crippen LogP contribution in [0.15, 0.2) is 54.6 Å². The molecule has 2 aromatic carbocycles. The predicted octanol–water partition coefficient (Wildman–Crippen LogP) is 2.26. The van der Waals surface area contributed by atoms with Crippen molar-refractivity contribution in [1.29, 1.82) is 0 Å². The lowest BCUT2D eigenvalue weighted by atomic mass is 10.1. The first-order chi connectivity index (χ1) is 14.1. The number of benzene rings is 2. The van der Waals surface area contributed by atoms with Crippen LogP contribution in [-0.2, 0) is 26.0 Å². The third-order valence-corrected chi connectivity index (χ3v) is 6.55. The van der Waals surface area contributed by atoms with E-state index in [2.05, 4.69) is 27.9 Å². The summed E-state index contributed by atoms with van der Waals surface area (Å²) in [4.78, 5) is 26.8. The molecule has 0 heterocycles. The zero-order valence-electron chi connectivity index (χ0n) is 17.2. The Morgan fingerprint density at radius 2 is 1.67 bits per heavy atom. The van der Waals surface area contributed by atoms with E-state index in [1.165, 1.54) is 11.9 Å². The van der Waals surface area contributed by atoms with Crippen molar-refractivity contribution in [2.24, 2.45) is 0 Å². The second kappa shape index (κ2) is 10.8. The highest BCUT2D eigenvalue weighted by atomic mass is 127. The van der Waals surface area contributed by atoms with Crippen molar-refractivity contribution < 1.29 is 18.0 Å². The van der Waals surface area contributed by atoms with E-state index in [0.717, 1.165) is 19.7 Å². The van der Waals surface area contributed by atoms with Crippen LogP contribution in [0.5, 0.6) is 0 Å². The fourth-order valence-electron chi connectivity index (χ4n) is 3.00. The van der Waals surface area contributed by atoms with E-state index in [4.69, 9.17) is 0 Å². The van der Waals surface area contributed by atoms with Crippen molar-refractivity contribution in [3.05, 3.63) is 63.7 Å². The van der Waals surface area contributed by atoms with Gasteiger partial charge in [-0.1, -0.05) is 30.3 Å². The maximum Gasteiger partial charge on any atom is 0.244 e. The Morgan fingerprint density at radius 3 is 2.20 bits per heavy atom. The number of carbonyl (C=O) groups is 2. The van der Waals surface area contributed by atoms with Gasteiger partial charge in [-0.2, -0.15) is 0 Å². The van der Waals surface area contributed by atoms with E-state index >= 15 is 0 Å². The molecule has 0 radical (unpaired) electrons. The molecule has 0 spiro atoms. The van der Waals surface area contributed by atoms with Crippen LogP contribution < -0.4 is 9.62 Å². The number of nitrogens with zero attached hydrogens (tertiary/aromatic N) is 2. The van der Waals surface area contributed by atoms with Gasteiger partial charge in [-0.25, -0.2) is 8.42 Å². The summed E-state index contributed by atoms with van der Waals surface area (Å²) in [5.74, 6) is -0.748. The molecule has 0 saturated carbocycles. The van der Waals surface area contributed by atoms with Crippen LogP contribution in [0.25, 0.3) is 0 Å². The summed E-state index contributed by atoms with van der Waals surface area (Å²) in [5.41, 5.74) is 1.43. The maximum absolute atomic E-state index is 13.2. The molecule has 30 heavy (non-hydrogen) atoms. The lowest BCUT2D eigenvalue weighted by Crippen LogP contribution is -2.51. The van der Waals surface area contributed by atoms with Crippen LogP contribution in [0.3, 0.4) is 0 Å². The van der Waals surface area contributed by atoms with Crippen LogP contribution in [0.2, 0.25) is 0 Å². The van der Waals surface area contributed by atoms with Crippen molar-refractivity contribution in [1.82, 2.24) is 10.2 Å². The van der Waals surface area contributed by atoms with Gasteiger partial charge in [0.05, 0.1) is 11.9 Å². The molecule has 0 aliphatic heterocycles. The van der Waals surface area contributed by atoms with Crippen LogP contribution >= 0.6 is 22.6 Å². The van der Waals surface area contributed by atoms with Gasteiger partial charge in [0.2, 0.25) is 21.8 Å². The number of sulfonamides is 1. The van der Waals surface area contributed by atoms with Gasteiger partial charge in [0.25, 0.3) is 0 Å². The van der Waals surface area contributed by atoms with Crippen molar-refractivity contribution in [2.45, 2.75) is 19.4 Å². The molecule has 2 rings (SSSR count). The zero-order chi connectivity index (χ0) is 22.3. The molecular formula is C21H26IN3O4S. The van der Waals surface area contributed by atoms with Crippen molar-refractivity contribution >= 4 is 50.1 Å². The Kier molecular flexibility index (Phi) is 8.65. The number of halogens is 1. The smallest absolute Gasteiger partial charge is 0.244 e. The molecule has 2 amide bonds. The van der Waals surface area contributed by atoms with Crippen LogP contribution in [-0.4, -0.2) is 57.6 Å². The van der Waals surface area contributed by atoms with Gasteiger partial charge in [-0.15, -0.1) is 0 Å². The highest BCUT2D eigenvalue weighted by molar-refractivity contribution is 14.1. The third-order valence-electron chi connectivity index (χ3n) is 4.69. The minimum atomic E-state index is -3.70. The largest absolute Gasteiger partial charge is 0.357 e.